The van der Waals surface area contributed by atoms with Gasteiger partial charge < -0.3 is 62.2 Å². The zero-order valence-electron chi connectivity index (χ0n) is 31.5. The van der Waals surface area contributed by atoms with Crippen LogP contribution < -0.4 is 5.32 Å². The number of anilines is 1. The van der Waals surface area contributed by atoms with E-state index in [0.717, 1.165) is 12.5 Å². The maximum atomic E-state index is 11.2. The molecule has 0 unspecified atom stereocenters. The third-order valence-corrected chi connectivity index (χ3v) is 6.62. The number of rotatable bonds is 41. The molecule has 0 saturated carbocycles. The molecule has 1 aromatic carbocycles. The Morgan fingerprint density at radius 1 is 0.519 bits per heavy atom. The highest BCUT2D eigenvalue weighted by molar-refractivity contribution is 5.69. The zero-order chi connectivity index (χ0) is 39.2. The Kier molecular flexibility index (Phi) is 33.3. The van der Waals surface area contributed by atoms with Crippen LogP contribution in [0.2, 0.25) is 0 Å². The number of hydrogen-bond acceptors (Lipinski definition) is 18. The molecule has 1 N–H and O–H groups in total. The first-order chi connectivity index (χ1) is 26.5. The van der Waals surface area contributed by atoms with E-state index in [2.05, 4.69) is 5.32 Å². The van der Waals surface area contributed by atoms with Gasteiger partial charge in [-0.15, -0.1) is 0 Å². The van der Waals surface area contributed by atoms with E-state index in [1.807, 2.05) is 6.92 Å². The maximum absolute atomic E-state index is 11.2. The lowest BCUT2D eigenvalue weighted by Crippen LogP contribution is -2.16. The van der Waals surface area contributed by atoms with Crippen molar-refractivity contribution in [3.05, 3.63) is 38.4 Å². The van der Waals surface area contributed by atoms with Crippen LogP contribution in [-0.4, -0.2) is 174 Å². The molecule has 0 aliphatic heterocycles. The average molecular weight is 782 g/mol. The third kappa shape index (κ3) is 30.2. The molecule has 20 heteroatoms. The summed E-state index contributed by atoms with van der Waals surface area (Å²) in [4.78, 5) is 31.8. The van der Waals surface area contributed by atoms with E-state index < -0.39 is 9.85 Å². The molecule has 1 rings (SSSR count). The van der Waals surface area contributed by atoms with Gasteiger partial charge in [0, 0.05) is 19.0 Å². The molecular weight excluding hydrogens is 722 g/mol. The van der Waals surface area contributed by atoms with Crippen LogP contribution in [0.25, 0.3) is 0 Å². The molecule has 0 aliphatic rings. The Balaban J connectivity index is 1.70. The van der Waals surface area contributed by atoms with Crippen molar-refractivity contribution >= 4 is 23.0 Å². The van der Waals surface area contributed by atoms with Crippen LogP contribution in [0.5, 0.6) is 0 Å². The van der Waals surface area contributed by atoms with Gasteiger partial charge in [-0.2, -0.15) is 0 Å². The molecule has 0 radical (unpaired) electrons. The quantitative estimate of drug-likeness (QED) is 0.0436. The van der Waals surface area contributed by atoms with Crippen LogP contribution in [0.3, 0.4) is 0 Å². The highest BCUT2D eigenvalue weighted by atomic mass is 16.6. The molecule has 0 aliphatic carbocycles. The van der Waals surface area contributed by atoms with Gasteiger partial charge in [-0.05, 0) is 12.5 Å². The first-order valence-corrected chi connectivity index (χ1v) is 18.1. The van der Waals surface area contributed by atoms with Gasteiger partial charge >= 0.3 is 5.97 Å². The predicted molar refractivity (Wildman–Crippen MR) is 193 cm³/mol. The topological polar surface area (TPSA) is 226 Å². The number of hydrogen-bond donors (Lipinski definition) is 1. The van der Waals surface area contributed by atoms with Crippen LogP contribution >= 0.6 is 0 Å². The Bertz CT molecular complexity index is 1070. The molecule has 0 spiro atoms. The SMILES string of the molecule is CCCC(=O)OCCOCCOCCOCCOCCOCCOCCOCCOCCOCCOCCOCCNc1ccc([N+](=O)[O-])cc1[N+](=O)[O-]. The Morgan fingerprint density at radius 3 is 1.17 bits per heavy atom. The third-order valence-electron chi connectivity index (χ3n) is 6.62. The van der Waals surface area contributed by atoms with E-state index in [9.17, 15) is 25.0 Å². The van der Waals surface area contributed by atoms with E-state index in [4.69, 9.17) is 56.8 Å². The molecule has 0 saturated heterocycles. The van der Waals surface area contributed by atoms with Crippen molar-refractivity contribution in [2.24, 2.45) is 0 Å². The molecule has 0 atom stereocenters. The van der Waals surface area contributed by atoms with E-state index >= 15 is 0 Å². The van der Waals surface area contributed by atoms with Crippen LogP contribution in [0.15, 0.2) is 18.2 Å². The summed E-state index contributed by atoms with van der Waals surface area (Å²) in [5.41, 5.74) is -0.537. The summed E-state index contributed by atoms with van der Waals surface area (Å²) in [7, 11) is 0. The van der Waals surface area contributed by atoms with Gasteiger partial charge in [0.05, 0.1) is 161 Å². The normalized spacial score (nSPS) is 11.2. The minimum absolute atomic E-state index is 0.182. The highest BCUT2D eigenvalue weighted by Crippen LogP contribution is 2.28. The summed E-state index contributed by atoms with van der Waals surface area (Å²) in [6.45, 7) is 11.9. The predicted octanol–water partition coefficient (Wildman–Crippen LogP) is 2.44. The summed E-state index contributed by atoms with van der Waals surface area (Å²) < 4.78 is 64.8. The van der Waals surface area contributed by atoms with Crippen molar-refractivity contribution < 1.29 is 71.5 Å². The number of nitro groups is 2. The van der Waals surface area contributed by atoms with E-state index in [0.29, 0.717) is 145 Å². The number of nitrogens with zero attached hydrogens (tertiary/aromatic N) is 2. The van der Waals surface area contributed by atoms with Crippen molar-refractivity contribution in [1.29, 1.82) is 0 Å². The number of esters is 1. The lowest BCUT2D eigenvalue weighted by Gasteiger charge is -2.09. The largest absolute Gasteiger partial charge is 0.463 e. The molecule has 0 bridgehead atoms. The molecule has 20 nitrogen and oxygen atoms in total. The van der Waals surface area contributed by atoms with E-state index in [1.54, 1.807) is 0 Å². The zero-order valence-corrected chi connectivity index (χ0v) is 31.5. The minimum Gasteiger partial charge on any atom is -0.463 e. The lowest BCUT2D eigenvalue weighted by atomic mass is 10.2. The van der Waals surface area contributed by atoms with E-state index in [-0.39, 0.29) is 42.8 Å². The van der Waals surface area contributed by atoms with Crippen molar-refractivity contribution in [2.45, 2.75) is 19.8 Å². The Labute approximate surface area is 316 Å². The number of nitrogens with one attached hydrogen (secondary N) is 1. The first kappa shape index (κ1) is 48.9. The fraction of sp³-hybridized carbons (Fsp3) is 0.794. The fourth-order valence-corrected chi connectivity index (χ4v) is 3.98. The number of ether oxygens (including phenoxy) is 12. The number of nitro benzene ring substituents is 2. The van der Waals surface area contributed by atoms with E-state index in [1.165, 1.54) is 12.1 Å². The second-order valence-corrected chi connectivity index (χ2v) is 10.8. The van der Waals surface area contributed by atoms with Gasteiger partial charge in [-0.3, -0.25) is 25.0 Å². The van der Waals surface area contributed by atoms with Gasteiger partial charge in [-0.25, -0.2) is 0 Å². The number of carbonyl (C=O) groups is 1. The van der Waals surface area contributed by atoms with Gasteiger partial charge in [0.1, 0.15) is 12.3 Å². The number of non-ortho nitro benzene ring substituents is 1. The first-order valence-electron chi connectivity index (χ1n) is 18.1. The average Bonchev–Trinajstić information content (AvgIpc) is 3.16. The molecule has 312 valence electrons. The Hall–Kier alpha value is -3.15. The van der Waals surface area contributed by atoms with Gasteiger partial charge in [0.2, 0.25) is 0 Å². The monoisotopic (exact) mass is 781 g/mol. The number of benzene rings is 1. The number of carbonyl (C=O) groups excluding carboxylic acids is 1. The van der Waals surface area contributed by atoms with Gasteiger partial charge in [-0.1, -0.05) is 6.92 Å². The standard InChI is InChI=1S/C34H59N3O17/c1-2-3-34(38)54-29-28-53-27-26-52-25-24-51-23-22-50-21-20-49-19-18-48-17-16-47-15-14-46-13-12-45-11-10-44-9-8-43-7-6-35-32-5-4-31(36(39)40)30-33(32)37(41)42/h4-5,30,35H,2-3,6-29H2,1H3. The smallest absolute Gasteiger partial charge is 0.305 e. The van der Waals surface area contributed by atoms with Crippen LogP contribution in [0.4, 0.5) is 17.1 Å². The molecule has 0 aromatic heterocycles. The van der Waals surface area contributed by atoms with Crippen molar-refractivity contribution in [3.8, 4) is 0 Å². The minimum atomic E-state index is -0.683. The van der Waals surface area contributed by atoms with Gasteiger partial charge in [0.15, 0.2) is 0 Å². The molecule has 0 amide bonds. The van der Waals surface area contributed by atoms with Crippen molar-refractivity contribution in [1.82, 2.24) is 0 Å². The molecule has 54 heavy (non-hydrogen) atoms. The second-order valence-electron chi connectivity index (χ2n) is 10.8. The Morgan fingerprint density at radius 2 is 0.852 bits per heavy atom. The van der Waals surface area contributed by atoms with Crippen LogP contribution in [0, 0.1) is 20.2 Å². The molecule has 0 heterocycles. The molecule has 0 fully saturated rings. The fourth-order valence-electron chi connectivity index (χ4n) is 3.98. The summed E-state index contributed by atoms with van der Waals surface area (Å²) in [5, 5.41) is 24.8. The summed E-state index contributed by atoms with van der Waals surface area (Å²) >= 11 is 0. The van der Waals surface area contributed by atoms with Crippen molar-refractivity contribution in [2.75, 3.05) is 164 Å². The van der Waals surface area contributed by atoms with Crippen LogP contribution in [0.1, 0.15) is 19.8 Å². The van der Waals surface area contributed by atoms with Crippen LogP contribution in [-0.2, 0) is 61.6 Å². The molecular formula is C34H59N3O17. The van der Waals surface area contributed by atoms with Crippen molar-refractivity contribution in [3.63, 3.8) is 0 Å². The molecule has 1 aromatic rings. The summed E-state index contributed by atoms with van der Waals surface area (Å²) in [5.74, 6) is -0.200. The second kappa shape index (κ2) is 36.8. The highest BCUT2D eigenvalue weighted by Gasteiger charge is 2.19. The summed E-state index contributed by atoms with van der Waals surface area (Å²) in [6, 6.07) is 3.42. The maximum Gasteiger partial charge on any atom is 0.305 e. The summed E-state index contributed by atoms with van der Waals surface area (Å²) in [6.07, 6.45) is 1.20. The van der Waals surface area contributed by atoms with Gasteiger partial charge in [0.25, 0.3) is 11.4 Å². The lowest BCUT2D eigenvalue weighted by molar-refractivity contribution is -0.393.